The molecule has 0 spiro atoms. The van der Waals surface area contributed by atoms with Gasteiger partial charge in [0.2, 0.25) is 0 Å². The van der Waals surface area contributed by atoms with Gasteiger partial charge in [0, 0.05) is 16.2 Å². The Kier molecular flexibility index (Phi) is 6.46. The molecule has 1 aromatic carbocycles. The molecule has 0 saturated heterocycles. The van der Waals surface area contributed by atoms with Crippen LogP contribution in [0.4, 0.5) is 23.2 Å². The minimum Gasteiger partial charge on any atom is -0.347 e. The topological polar surface area (TPSA) is 54.0 Å². The van der Waals surface area contributed by atoms with E-state index in [0.29, 0.717) is 50.0 Å². The number of carbonyl (C=O) groups is 1. The Morgan fingerprint density at radius 3 is 2.47 bits per heavy atom. The zero-order valence-electron chi connectivity index (χ0n) is 17.7. The van der Waals surface area contributed by atoms with Crippen molar-refractivity contribution in [3.05, 3.63) is 45.4 Å². The summed E-state index contributed by atoms with van der Waals surface area (Å²) in [5.41, 5.74) is 0.496. The van der Waals surface area contributed by atoms with Crippen LogP contribution in [0.15, 0.2) is 23.7 Å². The van der Waals surface area contributed by atoms with Crippen molar-refractivity contribution < 1.29 is 22.4 Å². The number of amides is 1. The van der Waals surface area contributed by atoms with Crippen LogP contribution in [0.5, 0.6) is 0 Å². The lowest BCUT2D eigenvalue weighted by Crippen LogP contribution is -2.57. The van der Waals surface area contributed by atoms with Gasteiger partial charge in [-0.2, -0.15) is 13.2 Å². The maximum atomic E-state index is 14.5. The predicted molar refractivity (Wildman–Crippen MR) is 120 cm³/mol. The molecule has 4 nitrogen and oxygen atoms in total. The molecular formula is C22H25F4N3OS2. The fourth-order valence-electron chi connectivity index (χ4n) is 4.47. The van der Waals surface area contributed by atoms with E-state index in [0.717, 1.165) is 29.1 Å². The highest BCUT2D eigenvalue weighted by Crippen LogP contribution is 2.49. The van der Waals surface area contributed by atoms with Crippen molar-refractivity contribution in [1.82, 2.24) is 10.3 Å². The van der Waals surface area contributed by atoms with Gasteiger partial charge in [0.05, 0.1) is 28.0 Å². The second-order valence-corrected chi connectivity index (χ2v) is 10.5. The van der Waals surface area contributed by atoms with Crippen LogP contribution in [0.2, 0.25) is 0 Å². The Morgan fingerprint density at radius 2 is 1.88 bits per heavy atom. The fourth-order valence-corrected chi connectivity index (χ4v) is 6.12. The molecule has 3 fully saturated rings. The third kappa shape index (κ3) is 5.06. The van der Waals surface area contributed by atoms with Crippen molar-refractivity contribution in [3.8, 4) is 0 Å². The number of hydrogen-bond acceptors (Lipinski definition) is 5. The summed E-state index contributed by atoms with van der Waals surface area (Å²) < 4.78 is 57.4. The highest BCUT2D eigenvalue weighted by molar-refractivity contribution is 8.00. The second kappa shape index (κ2) is 8.85. The maximum absolute atomic E-state index is 14.5. The van der Waals surface area contributed by atoms with Crippen LogP contribution in [-0.4, -0.2) is 27.9 Å². The summed E-state index contributed by atoms with van der Waals surface area (Å²) in [6.07, 6.45) is -1.09. The predicted octanol–water partition coefficient (Wildman–Crippen LogP) is 6.32. The number of carbonyl (C=O) groups excluding carboxylic acids is 1. The second-order valence-electron chi connectivity index (χ2n) is 8.70. The SMILES string of the molecule is Cc1ncsc1CCSNc1ccc(C(F)(F)F)cc1C(=O)NC12CCC(F)(CC1)CC2. The van der Waals surface area contributed by atoms with E-state index < -0.39 is 28.9 Å². The number of anilines is 1. The summed E-state index contributed by atoms with van der Waals surface area (Å²) in [5.74, 6) is 0.124. The molecule has 0 radical (unpaired) electrons. The number of nitrogens with one attached hydrogen (secondary N) is 2. The highest BCUT2D eigenvalue weighted by atomic mass is 32.2. The van der Waals surface area contributed by atoms with Crippen molar-refractivity contribution in [3.63, 3.8) is 0 Å². The lowest BCUT2D eigenvalue weighted by atomic mass is 9.64. The van der Waals surface area contributed by atoms with Gasteiger partial charge < -0.3 is 10.0 Å². The molecule has 1 heterocycles. The molecule has 10 heteroatoms. The summed E-state index contributed by atoms with van der Waals surface area (Å²) >= 11 is 2.90. The van der Waals surface area contributed by atoms with Gasteiger partial charge in [-0.3, -0.25) is 4.79 Å². The van der Waals surface area contributed by atoms with E-state index in [9.17, 15) is 22.4 Å². The standard InChI is InChI=1S/C22H25F4N3OS2/c1-14-18(31-13-27-14)4-11-32-29-17-3-2-15(22(24,25)26)12-16(17)19(30)28-21-8-5-20(23,6-9-21)7-10-21/h2-3,12-13,29H,4-11H2,1H3,(H,28,30). The molecule has 2 aromatic rings. The first-order valence-corrected chi connectivity index (χ1v) is 12.5. The van der Waals surface area contributed by atoms with E-state index in [1.807, 2.05) is 6.92 Å². The van der Waals surface area contributed by atoms with Gasteiger partial charge >= 0.3 is 6.18 Å². The molecule has 2 bridgehead atoms. The van der Waals surface area contributed by atoms with Gasteiger partial charge in [-0.05, 0) is 70.1 Å². The van der Waals surface area contributed by atoms with E-state index in [2.05, 4.69) is 15.0 Å². The Bertz CT molecular complexity index is 967. The first-order valence-electron chi connectivity index (χ1n) is 10.6. The van der Waals surface area contributed by atoms with Crippen molar-refractivity contribution in [1.29, 1.82) is 0 Å². The van der Waals surface area contributed by atoms with Crippen molar-refractivity contribution >= 4 is 34.9 Å². The van der Waals surface area contributed by atoms with Gasteiger partial charge in [-0.15, -0.1) is 11.3 Å². The normalized spacial score (nSPS) is 25.0. The third-order valence-corrected chi connectivity index (χ3v) is 8.35. The van der Waals surface area contributed by atoms with Gasteiger partial charge in [-0.1, -0.05) is 11.9 Å². The van der Waals surface area contributed by atoms with Gasteiger partial charge in [0.1, 0.15) is 5.67 Å². The van der Waals surface area contributed by atoms with Crippen LogP contribution in [0.3, 0.4) is 0 Å². The summed E-state index contributed by atoms with van der Waals surface area (Å²) in [7, 11) is 0. The first kappa shape index (κ1) is 23.4. The van der Waals surface area contributed by atoms with Crippen molar-refractivity contribution in [2.75, 3.05) is 10.5 Å². The number of nitrogens with zero attached hydrogens (tertiary/aromatic N) is 1. The summed E-state index contributed by atoms with van der Waals surface area (Å²) in [5, 5.41) is 2.96. The minimum atomic E-state index is -4.55. The molecule has 1 amide bonds. The summed E-state index contributed by atoms with van der Waals surface area (Å²) in [6.45, 7) is 1.94. The van der Waals surface area contributed by atoms with Crippen LogP contribution in [0, 0.1) is 6.92 Å². The van der Waals surface area contributed by atoms with Crippen LogP contribution in [0.25, 0.3) is 0 Å². The first-order chi connectivity index (χ1) is 15.1. The Labute approximate surface area is 192 Å². The van der Waals surface area contributed by atoms with Crippen LogP contribution in [-0.2, 0) is 12.6 Å². The smallest absolute Gasteiger partial charge is 0.347 e. The van der Waals surface area contributed by atoms with Crippen molar-refractivity contribution in [2.24, 2.45) is 0 Å². The molecule has 174 valence electrons. The number of hydrogen-bond donors (Lipinski definition) is 2. The molecule has 0 aliphatic heterocycles. The molecule has 0 unspecified atom stereocenters. The van der Waals surface area contributed by atoms with E-state index in [1.165, 1.54) is 18.0 Å². The zero-order valence-corrected chi connectivity index (χ0v) is 19.3. The van der Waals surface area contributed by atoms with E-state index in [1.54, 1.807) is 16.8 Å². The lowest BCUT2D eigenvalue weighted by Gasteiger charge is -2.50. The highest BCUT2D eigenvalue weighted by Gasteiger charge is 2.49. The van der Waals surface area contributed by atoms with Crippen molar-refractivity contribution in [2.45, 2.75) is 69.3 Å². The summed E-state index contributed by atoms with van der Waals surface area (Å²) in [6, 6.07) is 3.17. The molecule has 0 atom stereocenters. The lowest BCUT2D eigenvalue weighted by molar-refractivity contribution is -0.137. The number of thiazole rings is 1. The van der Waals surface area contributed by atoms with Gasteiger partial charge in [0.25, 0.3) is 5.91 Å². The number of rotatable bonds is 7. The average Bonchev–Trinajstić information content (AvgIpc) is 3.16. The molecular weight excluding hydrogens is 462 g/mol. The average molecular weight is 488 g/mol. The van der Waals surface area contributed by atoms with Gasteiger partial charge in [-0.25, -0.2) is 9.37 Å². The molecule has 3 aliphatic rings. The van der Waals surface area contributed by atoms with E-state index in [-0.39, 0.29) is 5.56 Å². The number of aryl methyl sites for hydroxylation is 2. The van der Waals surface area contributed by atoms with Crippen LogP contribution >= 0.6 is 23.3 Å². The van der Waals surface area contributed by atoms with Crippen LogP contribution in [0.1, 0.15) is 65.0 Å². The molecule has 5 rings (SSSR count). The molecule has 1 aromatic heterocycles. The Hall–Kier alpha value is -1.81. The molecule has 2 N–H and O–H groups in total. The fraction of sp³-hybridized carbons (Fsp3) is 0.545. The Balaban J connectivity index is 1.48. The number of benzene rings is 1. The number of fused-ring (bicyclic) bond motifs is 3. The third-order valence-electron chi connectivity index (χ3n) is 6.58. The monoisotopic (exact) mass is 487 g/mol. The molecule has 3 saturated carbocycles. The zero-order chi connectivity index (χ0) is 23.0. The van der Waals surface area contributed by atoms with E-state index >= 15 is 0 Å². The number of aromatic nitrogens is 1. The van der Waals surface area contributed by atoms with E-state index in [4.69, 9.17) is 0 Å². The number of halogens is 4. The molecule has 3 aliphatic carbocycles. The van der Waals surface area contributed by atoms with Gasteiger partial charge in [0.15, 0.2) is 0 Å². The largest absolute Gasteiger partial charge is 0.416 e. The Morgan fingerprint density at radius 1 is 1.19 bits per heavy atom. The molecule has 32 heavy (non-hydrogen) atoms. The number of alkyl halides is 4. The minimum absolute atomic E-state index is 0.0432. The maximum Gasteiger partial charge on any atom is 0.416 e. The quantitative estimate of drug-likeness (QED) is 0.273. The summed E-state index contributed by atoms with van der Waals surface area (Å²) in [4.78, 5) is 18.5. The van der Waals surface area contributed by atoms with Crippen LogP contribution < -0.4 is 10.0 Å².